The van der Waals surface area contributed by atoms with Gasteiger partial charge in [-0.1, -0.05) is 11.9 Å². The van der Waals surface area contributed by atoms with Gasteiger partial charge < -0.3 is 0 Å². The average Bonchev–Trinajstić information content (AvgIpc) is 2.85. The zero-order valence-corrected chi connectivity index (χ0v) is 12.6. The van der Waals surface area contributed by atoms with Crippen molar-refractivity contribution in [3.8, 4) is 0 Å². The standard InChI is InChI=1S/C13H18N6O2/c1-5-6-18-11(20)9-10(17(4)13(18)21)14-12-16-15-7(2)8(3)19(9)12/h8-9H,5-6H2,1-4H3/p+1. The van der Waals surface area contributed by atoms with Gasteiger partial charge in [-0.25, -0.2) is 9.37 Å². The number of amides is 3. The van der Waals surface area contributed by atoms with Crippen LogP contribution < -0.4 is 5.43 Å². The van der Waals surface area contributed by atoms with Gasteiger partial charge in [-0.3, -0.25) is 14.6 Å². The summed E-state index contributed by atoms with van der Waals surface area (Å²) in [5.41, 5.74) is 3.73. The van der Waals surface area contributed by atoms with Gasteiger partial charge in [0.15, 0.2) is 0 Å². The Balaban J connectivity index is 2.02. The van der Waals surface area contributed by atoms with Gasteiger partial charge in [-0.2, -0.15) is 5.43 Å². The summed E-state index contributed by atoms with van der Waals surface area (Å²) in [7, 11) is 1.65. The second-order valence-corrected chi connectivity index (χ2v) is 5.48. The van der Waals surface area contributed by atoms with Gasteiger partial charge in [-0.05, 0) is 20.3 Å². The molecule has 3 heterocycles. The van der Waals surface area contributed by atoms with Gasteiger partial charge in [0.2, 0.25) is 11.9 Å². The molecule has 0 saturated carbocycles. The number of hydrazone groups is 1. The summed E-state index contributed by atoms with van der Waals surface area (Å²) in [4.78, 5) is 32.2. The Hall–Kier alpha value is -2.25. The number of guanidine groups is 1. The molecule has 1 N–H and O–H groups in total. The first kappa shape index (κ1) is 13.7. The molecule has 3 amide bonds. The van der Waals surface area contributed by atoms with Crippen molar-refractivity contribution < 1.29 is 14.2 Å². The van der Waals surface area contributed by atoms with Crippen LogP contribution in [0.1, 0.15) is 27.2 Å². The average molecular weight is 291 g/mol. The van der Waals surface area contributed by atoms with E-state index in [4.69, 9.17) is 0 Å². The molecule has 0 aliphatic carbocycles. The first-order valence-corrected chi connectivity index (χ1v) is 7.10. The fraction of sp³-hybridized carbons (Fsp3) is 0.615. The second-order valence-electron chi connectivity index (χ2n) is 5.48. The minimum Gasteiger partial charge on any atom is -0.270 e. The van der Waals surface area contributed by atoms with Crippen molar-refractivity contribution in [3.05, 3.63) is 0 Å². The van der Waals surface area contributed by atoms with E-state index in [1.54, 1.807) is 7.05 Å². The maximum absolute atomic E-state index is 12.7. The molecule has 0 radical (unpaired) electrons. The van der Waals surface area contributed by atoms with Crippen molar-refractivity contribution >= 4 is 29.4 Å². The summed E-state index contributed by atoms with van der Waals surface area (Å²) in [5, 5.41) is 4.19. The number of rotatable bonds is 2. The molecule has 112 valence electrons. The first-order valence-electron chi connectivity index (χ1n) is 7.10. The number of hydrogen-bond donors (Lipinski definition) is 1. The molecule has 21 heavy (non-hydrogen) atoms. The number of imide groups is 1. The van der Waals surface area contributed by atoms with Crippen molar-refractivity contribution in [2.75, 3.05) is 13.6 Å². The third-order valence-corrected chi connectivity index (χ3v) is 4.15. The summed E-state index contributed by atoms with van der Waals surface area (Å²) in [6.45, 7) is 6.24. The van der Waals surface area contributed by atoms with Gasteiger partial charge in [-0.15, -0.1) is 5.10 Å². The first-order chi connectivity index (χ1) is 9.97. The zero-order valence-electron chi connectivity index (χ0n) is 12.6. The zero-order chi connectivity index (χ0) is 15.3. The van der Waals surface area contributed by atoms with Gasteiger partial charge in [0.05, 0.1) is 5.71 Å². The highest BCUT2D eigenvalue weighted by Gasteiger charge is 2.54. The fourth-order valence-corrected chi connectivity index (χ4v) is 2.83. The Morgan fingerprint density at radius 2 is 2.10 bits per heavy atom. The number of nitrogens with one attached hydrogen (secondary N) is 1. The Labute approximate surface area is 122 Å². The Morgan fingerprint density at radius 1 is 1.38 bits per heavy atom. The molecule has 0 aromatic carbocycles. The molecule has 2 atom stereocenters. The predicted octanol–water partition coefficient (Wildman–Crippen LogP) is -0.193. The monoisotopic (exact) mass is 291 g/mol. The highest BCUT2D eigenvalue weighted by Crippen LogP contribution is 2.22. The van der Waals surface area contributed by atoms with E-state index >= 15 is 0 Å². The number of likely N-dealkylation sites (N-methyl/N-ethyl adjacent to an activating group) is 1. The topological polar surface area (TPSA) is 80.4 Å². The molecule has 8 heteroatoms. The molecule has 0 aromatic rings. The quantitative estimate of drug-likeness (QED) is 0.716. The van der Waals surface area contributed by atoms with E-state index in [1.165, 1.54) is 9.80 Å². The van der Waals surface area contributed by atoms with Gasteiger partial charge in [0.1, 0.15) is 6.04 Å². The van der Waals surface area contributed by atoms with Crippen LogP contribution in [0, 0.1) is 0 Å². The van der Waals surface area contributed by atoms with Crippen LogP contribution in [0.2, 0.25) is 0 Å². The van der Waals surface area contributed by atoms with Crippen molar-refractivity contribution in [2.24, 2.45) is 10.1 Å². The smallest absolute Gasteiger partial charge is 0.270 e. The Bertz CT molecular complexity index is 620. The summed E-state index contributed by atoms with van der Waals surface area (Å²) < 4.78 is 1.89. The van der Waals surface area contributed by atoms with Gasteiger partial charge in [0.25, 0.3) is 5.91 Å². The minimum absolute atomic E-state index is 0.0403. The van der Waals surface area contributed by atoms with Crippen LogP contribution in [0.4, 0.5) is 4.79 Å². The summed E-state index contributed by atoms with van der Waals surface area (Å²) in [6, 6.07) is -0.911. The highest BCUT2D eigenvalue weighted by molar-refractivity contribution is 6.23. The van der Waals surface area contributed by atoms with E-state index in [0.29, 0.717) is 18.3 Å². The molecular formula is C13H19N6O2+. The number of carbonyl (C=O) groups is 2. The lowest BCUT2D eigenvalue weighted by atomic mass is 10.1. The molecule has 1 saturated heterocycles. The maximum atomic E-state index is 12.7. The van der Waals surface area contributed by atoms with Crippen LogP contribution in [0.3, 0.4) is 0 Å². The van der Waals surface area contributed by atoms with E-state index in [-0.39, 0.29) is 18.0 Å². The number of fused-ring (bicyclic) bond motifs is 2. The number of carbonyl (C=O) groups excluding carboxylic acids is 2. The molecule has 3 aliphatic rings. The molecule has 2 unspecified atom stereocenters. The van der Waals surface area contributed by atoms with E-state index in [2.05, 4.69) is 15.5 Å². The second kappa shape index (κ2) is 4.64. The van der Waals surface area contributed by atoms with Crippen molar-refractivity contribution in [1.82, 2.24) is 15.2 Å². The highest BCUT2D eigenvalue weighted by atomic mass is 16.2. The lowest BCUT2D eigenvalue weighted by molar-refractivity contribution is -0.555. The third-order valence-electron chi connectivity index (χ3n) is 4.15. The van der Waals surface area contributed by atoms with Crippen molar-refractivity contribution in [1.29, 1.82) is 0 Å². The molecule has 0 spiro atoms. The van der Waals surface area contributed by atoms with Crippen molar-refractivity contribution in [2.45, 2.75) is 39.3 Å². The molecule has 0 aromatic heterocycles. The van der Waals surface area contributed by atoms with E-state index in [9.17, 15) is 9.59 Å². The normalized spacial score (nSPS) is 28.2. The minimum atomic E-state index is -0.554. The fourth-order valence-electron chi connectivity index (χ4n) is 2.83. The van der Waals surface area contributed by atoms with Crippen LogP contribution >= 0.6 is 0 Å². The number of hydrogen-bond acceptors (Lipinski definition) is 5. The maximum Gasteiger partial charge on any atom is 0.414 e. The van der Waals surface area contributed by atoms with Crippen LogP contribution in [-0.2, 0) is 4.79 Å². The van der Waals surface area contributed by atoms with E-state index < -0.39 is 6.04 Å². The van der Waals surface area contributed by atoms with Crippen LogP contribution in [0.5, 0.6) is 0 Å². The summed E-state index contributed by atoms with van der Waals surface area (Å²) in [6.07, 6.45) is 0.732. The van der Waals surface area contributed by atoms with E-state index in [0.717, 1.165) is 12.1 Å². The largest absolute Gasteiger partial charge is 0.414 e. The lowest BCUT2D eigenvalue weighted by Gasteiger charge is -2.35. The molecule has 3 rings (SSSR count). The van der Waals surface area contributed by atoms with Gasteiger partial charge >= 0.3 is 12.0 Å². The molecular weight excluding hydrogens is 272 g/mol. The van der Waals surface area contributed by atoms with Crippen molar-refractivity contribution in [3.63, 3.8) is 0 Å². The molecule has 3 aliphatic heterocycles. The van der Waals surface area contributed by atoms with E-state index in [1.807, 2.05) is 25.3 Å². The Kier molecular flexibility index (Phi) is 3.03. The third kappa shape index (κ3) is 1.78. The summed E-state index contributed by atoms with van der Waals surface area (Å²) in [5.74, 6) is 0.785. The number of nitrogens with zero attached hydrogens (tertiary/aromatic N) is 5. The van der Waals surface area contributed by atoms with Crippen LogP contribution in [0.25, 0.3) is 0 Å². The van der Waals surface area contributed by atoms with Gasteiger partial charge in [0, 0.05) is 13.6 Å². The number of urea groups is 1. The predicted molar refractivity (Wildman–Crippen MR) is 77.4 cm³/mol. The molecule has 1 fully saturated rings. The van der Waals surface area contributed by atoms with Crippen LogP contribution in [-0.4, -0.2) is 69.5 Å². The SMILES string of the molecule is CCCN1C(=O)C2C(=NC3=[N+]2C(C)C(C)=NN3)N(C)C1=O. The number of amidine groups is 1. The summed E-state index contributed by atoms with van der Waals surface area (Å²) >= 11 is 0. The lowest BCUT2D eigenvalue weighted by Crippen LogP contribution is -2.64. The molecule has 8 nitrogen and oxygen atoms in total. The number of aliphatic imine (C=N–C) groups is 1. The Morgan fingerprint density at radius 3 is 2.76 bits per heavy atom. The molecule has 0 bridgehead atoms. The van der Waals surface area contributed by atoms with Crippen LogP contribution in [0.15, 0.2) is 10.1 Å².